The number of ether oxygens (including phenoxy) is 2. The number of nitrogens with one attached hydrogen (secondary N) is 1. The van der Waals surface area contributed by atoms with Gasteiger partial charge in [-0.3, -0.25) is 10.1 Å². The van der Waals surface area contributed by atoms with Crippen LogP contribution in [0.25, 0.3) is 0 Å². The lowest BCUT2D eigenvalue weighted by Crippen LogP contribution is -2.53. The molecule has 2 saturated heterocycles. The van der Waals surface area contributed by atoms with Crippen LogP contribution in [-0.4, -0.2) is 75.1 Å². The van der Waals surface area contributed by atoms with E-state index in [-0.39, 0.29) is 35.5 Å². The molecule has 0 aromatic heterocycles. The van der Waals surface area contributed by atoms with Gasteiger partial charge in [-0.2, -0.15) is 4.31 Å². The average Bonchev–Trinajstić information content (AvgIpc) is 2.73. The SMILES string of the molecule is COC(=O)Nc1ccc(S(=O)(=O)N2CCC[C@@H](C(=O)N3C[C@@H](C)O[C@H](C)C3)C2)cc1. The predicted octanol–water partition coefficient (Wildman–Crippen LogP) is 1.90. The zero-order valence-corrected chi connectivity index (χ0v) is 18.4. The first-order valence-electron chi connectivity index (χ1n) is 10.1. The highest BCUT2D eigenvalue weighted by atomic mass is 32.2. The molecule has 1 aromatic carbocycles. The van der Waals surface area contributed by atoms with Crippen LogP contribution in [0.5, 0.6) is 0 Å². The topological polar surface area (TPSA) is 105 Å². The molecule has 2 aliphatic rings. The molecular formula is C20H29N3O6S. The fourth-order valence-electron chi connectivity index (χ4n) is 4.01. The van der Waals surface area contributed by atoms with E-state index in [2.05, 4.69) is 10.1 Å². The molecule has 0 spiro atoms. The van der Waals surface area contributed by atoms with Crippen LogP contribution in [0.2, 0.25) is 0 Å². The van der Waals surface area contributed by atoms with Gasteiger partial charge in [0, 0.05) is 31.9 Å². The van der Waals surface area contributed by atoms with Gasteiger partial charge in [-0.25, -0.2) is 13.2 Å². The zero-order valence-electron chi connectivity index (χ0n) is 17.5. The van der Waals surface area contributed by atoms with Gasteiger partial charge in [-0.15, -0.1) is 0 Å². The molecule has 10 heteroatoms. The van der Waals surface area contributed by atoms with E-state index in [1.807, 2.05) is 13.8 Å². The highest BCUT2D eigenvalue weighted by molar-refractivity contribution is 7.89. The molecule has 0 radical (unpaired) electrons. The molecule has 0 aliphatic carbocycles. The van der Waals surface area contributed by atoms with Crippen LogP contribution in [0.3, 0.4) is 0 Å². The summed E-state index contributed by atoms with van der Waals surface area (Å²) in [7, 11) is -2.49. The number of carbonyl (C=O) groups is 2. The number of benzene rings is 1. The molecule has 2 aliphatic heterocycles. The fourth-order valence-corrected chi connectivity index (χ4v) is 5.53. The molecule has 0 saturated carbocycles. The second-order valence-corrected chi connectivity index (χ2v) is 9.78. The lowest BCUT2D eigenvalue weighted by molar-refractivity contribution is -0.148. The maximum absolute atomic E-state index is 13.1. The third-order valence-corrected chi connectivity index (χ3v) is 7.27. The van der Waals surface area contributed by atoms with Gasteiger partial charge in [-0.1, -0.05) is 0 Å². The third kappa shape index (κ3) is 5.11. The van der Waals surface area contributed by atoms with Crippen LogP contribution in [0.1, 0.15) is 26.7 Å². The Labute approximate surface area is 177 Å². The predicted molar refractivity (Wildman–Crippen MR) is 111 cm³/mol. The van der Waals surface area contributed by atoms with Crippen molar-refractivity contribution in [2.75, 3.05) is 38.6 Å². The van der Waals surface area contributed by atoms with Gasteiger partial charge in [0.15, 0.2) is 0 Å². The molecule has 0 bridgehead atoms. The van der Waals surface area contributed by atoms with Crippen LogP contribution in [0, 0.1) is 5.92 Å². The van der Waals surface area contributed by atoms with Crippen LogP contribution < -0.4 is 5.32 Å². The number of rotatable bonds is 4. The summed E-state index contributed by atoms with van der Waals surface area (Å²) in [5, 5.41) is 2.49. The van der Waals surface area contributed by atoms with E-state index < -0.39 is 16.1 Å². The molecule has 3 rings (SSSR count). The molecule has 9 nitrogen and oxygen atoms in total. The van der Waals surface area contributed by atoms with Crippen LogP contribution in [0.15, 0.2) is 29.2 Å². The van der Waals surface area contributed by atoms with E-state index in [1.54, 1.807) is 4.90 Å². The number of hydrogen-bond donors (Lipinski definition) is 1. The minimum Gasteiger partial charge on any atom is -0.453 e. The van der Waals surface area contributed by atoms with E-state index in [4.69, 9.17) is 4.74 Å². The van der Waals surface area contributed by atoms with Crippen molar-refractivity contribution in [1.82, 2.24) is 9.21 Å². The fraction of sp³-hybridized carbons (Fsp3) is 0.600. The maximum atomic E-state index is 13.1. The Morgan fingerprint density at radius 3 is 2.33 bits per heavy atom. The summed E-state index contributed by atoms with van der Waals surface area (Å²) < 4.78 is 37.8. The second-order valence-electron chi connectivity index (χ2n) is 7.84. The highest BCUT2D eigenvalue weighted by Crippen LogP contribution is 2.27. The minimum absolute atomic E-state index is 0.00507. The van der Waals surface area contributed by atoms with Crippen molar-refractivity contribution in [1.29, 1.82) is 0 Å². The number of nitrogens with zero attached hydrogens (tertiary/aromatic N) is 2. The summed E-state index contributed by atoms with van der Waals surface area (Å²) in [5.41, 5.74) is 0.433. The largest absolute Gasteiger partial charge is 0.453 e. The van der Waals surface area contributed by atoms with Crippen molar-refractivity contribution in [3.63, 3.8) is 0 Å². The number of piperidine rings is 1. The monoisotopic (exact) mass is 439 g/mol. The normalized spacial score (nSPS) is 25.6. The smallest absolute Gasteiger partial charge is 0.411 e. The van der Waals surface area contributed by atoms with Gasteiger partial charge in [-0.05, 0) is 51.0 Å². The Morgan fingerprint density at radius 2 is 1.73 bits per heavy atom. The Kier molecular flexibility index (Phi) is 6.99. The van der Waals surface area contributed by atoms with Gasteiger partial charge in [0.2, 0.25) is 15.9 Å². The number of amides is 2. The first kappa shape index (κ1) is 22.5. The molecule has 2 fully saturated rings. The van der Waals surface area contributed by atoms with Gasteiger partial charge >= 0.3 is 6.09 Å². The first-order valence-corrected chi connectivity index (χ1v) is 11.5. The molecule has 30 heavy (non-hydrogen) atoms. The molecular weight excluding hydrogens is 410 g/mol. The summed E-state index contributed by atoms with van der Waals surface area (Å²) in [6.07, 6.45) is 0.617. The Balaban J connectivity index is 1.69. The number of methoxy groups -OCH3 is 1. The van der Waals surface area contributed by atoms with Crippen molar-refractivity contribution in [3.05, 3.63) is 24.3 Å². The summed E-state index contributed by atoms with van der Waals surface area (Å²) in [6, 6.07) is 5.90. The van der Waals surface area contributed by atoms with Gasteiger partial charge in [0.1, 0.15) is 0 Å². The van der Waals surface area contributed by atoms with Gasteiger partial charge < -0.3 is 14.4 Å². The van der Waals surface area contributed by atoms with E-state index in [0.717, 1.165) is 0 Å². The van der Waals surface area contributed by atoms with E-state index in [9.17, 15) is 18.0 Å². The number of hydrogen-bond acceptors (Lipinski definition) is 6. The number of anilines is 1. The van der Waals surface area contributed by atoms with E-state index in [0.29, 0.717) is 38.2 Å². The summed E-state index contributed by atoms with van der Waals surface area (Å²) in [6.45, 7) is 5.48. The molecule has 1 aromatic rings. The number of sulfonamides is 1. The third-order valence-electron chi connectivity index (χ3n) is 5.39. The van der Waals surface area contributed by atoms with Crippen molar-refractivity contribution >= 4 is 27.7 Å². The lowest BCUT2D eigenvalue weighted by Gasteiger charge is -2.39. The van der Waals surface area contributed by atoms with E-state index in [1.165, 1.54) is 35.7 Å². The van der Waals surface area contributed by atoms with Gasteiger partial charge in [0.25, 0.3) is 0 Å². The molecule has 0 unspecified atom stereocenters. The Hall–Kier alpha value is -2.17. The zero-order chi connectivity index (χ0) is 21.9. The highest BCUT2D eigenvalue weighted by Gasteiger charge is 2.36. The molecule has 1 N–H and O–H groups in total. The van der Waals surface area contributed by atoms with Crippen molar-refractivity contribution < 1.29 is 27.5 Å². The second kappa shape index (κ2) is 9.32. The van der Waals surface area contributed by atoms with Gasteiger partial charge in [0.05, 0.1) is 30.1 Å². The summed E-state index contributed by atoms with van der Waals surface area (Å²) in [4.78, 5) is 26.2. The number of carbonyl (C=O) groups excluding carboxylic acids is 2. The van der Waals surface area contributed by atoms with Crippen LogP contribution in [-0.2, 0) is 24.3 Å². The van der Waals surface area contributed by atoms with Crippen molar-refractivity contribution in [3.8, 4) is 0 Å². The molecule has 2 amide bonds. The first-order chi connectivity index (χ1) is 14.2. The van der Waals surface area contributed by atoms with Crippen molar-refractivity contribution in [2.24, 2.45) is 5.92 Å². The van der Waals surface area contributed by atoms with E-state index >= 15 is 0 Å². The lowest BCUT2D eigenvalue weighted by atomic mass is 9.97. The minimum atomic E-state index is -3.74. The quantitative estimate of drug-likeness (QED) is 0.768. The van der Waals surface area contributed by atoms with Crippen LogP contribution >= 0.6 is 0 Å². The standard InChI is InChI=1S/C20H29N3O6S/c1-14-11-22(12-15(2)29-14)19(24)16-5-4-10-23(13-16)30(26,27)18-8-6-17(7-9-18)21-20(25)28-3/h6-9,14-16H,4-5,10-13H2,1-3H3,(H,21,25)/t14-,15-,16-/m1/s1. The Bertz CT molecular complexity index is 863. The molecule has 2 heterocycles. The summed E-state index contributed by atoms with van der Waals surface area (Å²) in [5.74, 6) is -0.360. The molecule has 166 valence electrons. The van der Waals surface area contributed by atoms with Crippen molar-refractivity contribution in [2.45, 2.75) is 43.8 Å². The Morgan fingerprint density at radius 1 is 1.10 bits per heavy atom. The van der Waals surface area contributed by atoms with Crippen LogP contribution in [0.4, 0.5) is 10.5 Å². The maximum Gasteiger partial charge on any atom is 0.411 e. The molecule has 3 atom stereocenters. The number of morpholine rings is 1. The summed E-state index contributed by atoms with van der Waals surface area (Å²) >= 11 is 0. The average molecular weight is 440 g/mol.